The summed E-state index contributed by atoms with van der Waals surface area (Å²) in [6.45, 7) is 0.676. The molecule has 0 radical (unpaired) electrons. The summed E-state index contributed by atoms with van der Waals surface area (Å²) in [7, 11) is 2.50. The lowest BCUT2D eigenvalue weighted by molar-refractivity contribution is 0.682. The molecular formula is C13H20N4OS. The minimum atomic E-state index is -2.73. The van der Waals surface area contributed by atoms with Gasteiger partial charge in [0.25, 0.3) is 0 Å². The molecule has 0 aliphatic carbocycles. The van der Waals surface area contributed by atoms with Crippen LogP contribution in [0.1, 0.15) is 11.1 Å². The smallest absolute Gasteiger partial charge is 0.0824 e. The fourth-order valence-corrected chi connectivity index (χ4v) is 2.34. The van der Waals surface area contributed by atoms with Crippen LogP contribution in [0.4, 0.5) is 0 Å². The summed E-state index contributed by atoms with van der Waals surface area (Å²) in [6, 6.07) is 5.39. The molecule has 1 aromatic carbocycles. The van der Waals surface area contributed by atoms with Crippen molar-refractivity contribution in [3.63, 3.8) is 0 Å². The lowest BCUT2D eigenvalue weighted by Crippen LogP contribution is -2.16. The first-order valence-electron chi connectivity index (χ1n) is 5.76. The molecule has 0 saturated heterocycles. The van der Waals surface area contributed by atoms with Gasteiger partial charge in [0.15, 0.2) is 0 Å². The summed E-state index contributed by atoms with van der Waals surface area (Å²) in [5.41, 5.74) is 2.62. The normalized spacial score (nSPS) is 15.7. The van der Waals surface area contributed by atoms with E-state index in [9.17, 15) is 4.21 Å². The maximum atomic E-state index is 11.9. The number of rotatable bonds is 5. The SMILES string of the molecule is C=S(N)(=O)c1ccc(CNC)c(C(C=NC)=NC)c1. The second-order valence-corrected chi connectivity index (χ2v) is 6.00. The van der Waals surface area contributed by atoms with Crippen LogP contribution in [-0.4, -0.2) is 43.1 Å². The van der Waals surface area contributed by atoms with Crippen molar-refractivity contribution >= 4 is 27.5 Å². The Balaban J connectivity index is 3.47. The highest BCUT2D eigenvalue weighted by Gasteiger charge is 2.11. The highest BCUT2D eigenvalue weighted by Crippen LogP contribution is 2.16. The molecule has 104 valence electrons. The zero-order chi connectivity index (χ0) is 14.5. The van der Waals surface area contributed by atoms with E-state index < -0.39 is 9.71 Å². The molecule has 3 N–H and O–H groups in total. The maximum Gasteiger partial charge on any atom is 0.0824 e. The van der Waals surface area contributed by atoms with Crippen molar-refractivity contribution in [2.75, 3.05) is 21.1 Å². The Morgan fingerprint density at radius 3 is 2.68 bits per heavy atom. The standard InChI is InChI=1S/C13H20N4OS/c1-15-8-10-5-6-11(19(4,14)18)7-12(10)13(17-3)9-16-2/h5-7,9,15H,4,8H2,1-3H3,(H2,14,18). The maximum absolute atomic E-state index is 11.9. The highest BCUT2D eigenvalue weighted by atomic mass is 32.2. The average molecular weight is 280 g/mol. The lowest BCUT2D eigenvalue weighted by atomic mass is 10.0. The largest absolute Gasteiger partial charge is 0.316 e. The van der Waals surface area contributed by atoms with E-state index in [0.717, 1.165) is 16.8 Å². The van der Waals surface area contributed by atoms with E-state index in [1.807, 2.05) is 13.1 Å². The zero-order valence-corrected chi connectivity index (χ0v) is 12.3. The van der Waals surface area contributed by atoms with Crippen molar-refractivity contribution in [2.24, 2.45) is 15.1 Å². The predicted octanol–water partition coefficient (Wildman–Crippen LogP) is 0.475. The van der Waals surface area contributed by atoms with Gasteiger partial charge in [-0.05, 0) is 30.6 Å². The fourth-order valence-electron chi connectivity index (χ4n) is 1.72. The summed E-state index contributed by atoms with van der Waals surface area (Å²) >= 11 is 0. The molecule has 0 aliphatic rings. The molecule has 0 aromatic heterocycles. The summed E-state index contributed by atoms with van der Waals surface area (Å²) in [6.07, 6.45) is 1.67. The van der Waals surface area contributed by atoms with Crippen LogP contribution in [-0.2, 0) is 16.3 Å². The van der Waals surface area contributed by atoms with Crippen molar-refractivity contribution in [1.29, 1.82) is 0 Å². The molecule has 0 bridgehead atoms. The Kier molecular flexibility index (Phi) is 5.41. The van der Waals surface area contributed by atoms with Crippen LogP contribution in [0.3, 0.4) is 0 Å². The summed E-state index contributed by atoms with van der Waals surface area (Å²) in [5.74, 6) is 3.50. The molecule has 19 heavy (non-hydrogen) atoms. The van der Waals surface area contributed by atoms with Crippen LogP contribution in [0.15, 0.2) is 33.1 Å². The van der Waals surface area contributed by atoms with Crippen molar-refractivity contribution < 1.29 is 4.21 Å². The van der Waals surface area contributed by atoms with Gasteiger partial charge in [-0.1, -0.05) is 6.07 Å². The van der Waals surface area contributed by atoms with Gasteiger partial charge >= 0.3 is 0 Å². The van der Waals surface area contributed by atoms with Crippen molar-refractivity contribution in [1.82, 2.24) is 5.32 Å². The number of aliphatic imine (C=N–C) groups is 2. The minimum Gasteiger partial charge on any atom is -0.316 e. The van der Waals surface area contributed by atoms with Crippen LogP contribution in [0, 0.1) is 0 Å². The predicted molar refractivity (Wildman–Crippen MR) is 83.8 cm³/mol. The molecular weight excluding hydrogens is 260 g/mol. The number of nitrogens with two attached hydrogens (primary N) is 1. The van der Waals surface area contributed by atoms with Gasteiger partial charge in [0.1, 0.15) is 0 Å². The van der Waals surface area contributed by atoms with Crippen LogP contribution in [0.5, 0.6) is 0 Å². The van der Waals surface area contributed by atoms with Gasteiger partial charge < -0.3 is 5.32 Å². The van der Waals surface area contributed by atoms with Crippen molar-refractivity contribution in [3.05, 3.63) is 29.3 Å². The molecule has 5 nitrogen and oxygen atoms in total. The number of benzene rings is 1. The summed E-state index contributed by atoms with van der Waals surface area (Å²) < 4.78 is 11.9. The van der Waals surface area contributed by atoms with Crippen LogP contribution < -0.4 is 10.5 Å². The molecule has 6 heteroatoms. The Hall–Kier alpha value is -1.50. The zero-order valence-electron chi connectivity index (χ0n) is 11.5. The Labute approximate surface area is 114 Å². The molecule has 1 unspecified atom stereocenters. The molecule has 1 atom stereocenters. The van der Waals surface area contributed by atoms with Crippen LogP contribution in [0.25, 0.3) is 0 Å². The third kappa shape index (κ3) is 3.99. The van der Waals surface area contributed by atoms with E-state index >= 15 is 0 Å². The Morgan fingerprint density at radius 1 is 1.53 bits per heavy atom. The van der Waals surface area contributed by atoms with Gasteiger partial charge in [0.05, 0.1) is 15.4 Å². The number of hydrogen-bond acceptors (Lipinski definition) is 4. The van der Waals surface area contributed by atoms with Gasteiger partial charge in [-0.25, -0.2) is 4.21 Å². The highest BCUT2D eigenvalue weighted by molar-refractivity contribution is 7.98. The van der Waals surface area contributed by atoms with Crippen LogP contribution in [0.2, 0.25) is 0 Å². The Morgan fingerprint density at radius 2 is 2.21 bits per heavy atom. The number of hydrogen-bond donors (Lipinski definition) is 2. The first kappa shape index (κ1) is 15.6. The number of nitrogens with zero attached hydrogens (tertiary/aromatic N) is 2. The molecule has 0 amide bonds. The monoisotopic (exact) mass is 280 g/mol. The summed E-state index contributed by atoms with van der Waals surface area (Å²) in [5, 5.41) is 8.68. The second-order valence-electron chi connectivity index (χ2n) is 4.07. The average Bonchev–Trinajstić information content (AvgIpc) is 2.36. The Bertz CT molecular complexity index is 603. The second kappa shape index (κ2) is 6.60. The van der Waals surface area contributed by atoms with Gasteiger partial charge in [-0.3, -0.25) is 15.1 Å². The molecule has 1 rings (SSSR count). The van der Waals surface area contributed by atoms with E-state index in [2.05, 4.69) is 21.2 Å². The summed E-state index contributed by atoms with van der Waals surface area (Å²) in [4.78, 5) is 8.69. The van der Waals surface area contributed by atoms with E-state index in [-0.39, 0.29) is 0 Å². The van der Waals surface area contributed by atoms with Gasteiger partial charge in [-0.2, -0.15) is 0 Å². The first-order valence-corrected chi connectivity index (χ1v) is 7.55. The van der Waals surface area contributed by atoms with E-state index in [4.69, 9.17) is 5.14 Å². The third-order valence-corrected chi connectivity index (χ3v) is 3.67. The van der Waals surface area contributed by atoms with Gasteiger partial charge in [0, 0.05) is 37.3 Å². The third-order valence-electron chi connectivity index (χ3n) is 2.62. The molecule has 0 fully saturated rings. The quantitative estimate of drug-likeness (QED) is 0.607. The number of nitrogens with one attached hydrogen (secondary N) is 1. The minimum absolute atomic E-state index is 0.507. The first-order chi connectivity index (χ1) is 8.93. The van der Waals surface area contributed by atoms with Gasteiger partial charge in [-0.15, -0.1) is 0 Å². The topological polar surface area (TPSA) is 79.8 Å². The van der Waals surface area contributed by atoms with E-state index in [0.29, 0.717) is 11.4 Å². The van der Waals surface area contributed by atoms with Gasteiger partial charge in [0.2, 0.25) is 0 Å². The van der Waals surface area contributed by atoms with Crippen molar-refractivity contribution in [2.45, 2.75) is 11.4 Å². The van der Waals surface area contributed by atoms with E-state index in [1.54, 1.807) is 32.4 Å². The molecule has 0 aliphatic heterocycles. The fraction of sp³-hybridized carbons (Fsp3) is 0.308. The molecule has 0 spiro atoms. The molecule has 0 saturated carbocycles. The molecule has 0 heterocycles. The van der Waals surface area contributed by atoms with E-state index in [1.165, 1.54) is 0 Å². The van der Waals surface area contributed by atoms with Crippen molar-refractivity contribution in [3.8, 4) is 0 Å². The lowest BCUT2D eigenvalue weighted by Gasteiger charge is -2.12. The van der Waals surface area contributed by atoms with Crippen LogP contribution >= 0.6 is 0 Å². The molecule has 1 aromatic rings.